The Kier molecular flexibility index (Phi) is 7.64. The van der Waals surface area contributed by atoms with Gasteiger partial charge in [-0.2, -0.15) is 0 Å². The first kappa shape index (κ1) is 15.7. The van der Waals surface area contributed by atoms with Crippen molar-refractivity contribution >= 4 is 37.7 Å². The molecule has 0 aliphatic carbocycles. The Morgan fingerprint density at radius 1 is 0.833 bits per heavy atom. The first-order chi connectivity index (χ1) is 4.83. The van der Waals surface area contributed by atoms with Crippen LogP contribution < -0.4 is 0 Å². The van der Waals surface area contributed by atoms with Crippen LogP contribution in [0.4, 0.5) is 0 Å². The van der Waals surface area contributed by atoms with Crippen LogP contribution in [0.1, 0.15) is 54.4 Å². The molecule has 0 unspecified atom stereocenters. The smallest absolute Gasteiger partial charge is 0.0631 e. The molecule has 12 heavy (non-hydrogen) atoms. The van der Waals surface area contributed by atoms with Gasteiger partial charge in [0.15, 0.2) is 0 Å². The van der Waals surface area contributed by atoms with E-state index in [4.69, 9.17) is 4.74 Å². The van der Waals surface area contributed by atoms with E-state index >= 15 is 0 Å². The van der Waals surface area contributed by atoms with Crippen LogP contribution in [0.3, 0.4) is 0 Å². The quantitative estimate of drug-likeness (QED) is 0.631. The molecule has 0 atom stereocenters. The van der Waals surface area contributed by atoms with Gasteiger partial charge >= 0.3 is 0 Å². The fourth-order valence-corrected chi connectivity index (χ4v) is 0.892. The van der Waals surface area contributed by atoms with Crippen molar-refractivity contribution in [3.8, 4) is 0 Å². The van der Waals surface area contributed by atoms with Crippen molar-refractivity contribution in [2.45, 2.75) is 65.6 Å². The first-order valence-corrected chi connectivity index (χ1v) is 4.53. The Bertz CT molecular complexity index is 105. The summed E-state index contributed by atoms with van der Waals surface area (Å²) in [5.74, 6) is 0. The van der Waals surface area contributed by atoms with Crippen LogP contribution in [0.25, 0.3) is 0 Å². The number of ether oxygens (including phenoxy) is 1. The molecule has 1 nitrogen and oxygen atoms in total. The summed E-state index contributed by atoms with van der Waals surface area (Å²) >= 11 is 0. The van der Waals surface area contributed by atoms with E-state index in [1.807, 2.05) is 0 Å². The van der Waals surface area contributed by atoms with Crippen LogP contribution in [0.2, 0.25) is 0 Å². The van der Waals surface area contributed by atoms with Gasteiger partial charge in [-0.3, -0.25) is 0 Å². The van der Waals surface area contributed by atoms with Gasteiger partial charge in [0.25, 0.3) is 0 Å². The molecule has 2 heteroatoms. The van der Waals surface area contributed by atoms with E-state index in [2.05, 4.69) is 41.5 Å². The van der Waals surface area contributed by atoms with Gasteiger partial charge in [-0.05, 0) is 40.5 Å². The molecule has 0 saturated carbocycles. The van der Waals surface area contributed by atoms with Crippen LogP contribution in [-0.4, -0.2) is 48.9 Å². The molecule has 0 fully saturated rings. The Morgan fingerprint density at radius 2 is 1.08 bits per heavy atom. The van der Waals surface area contributed by atoms with Crippen molar-refractivity contribution in [2.75, 3.05) is 0 Å². The molecule has 2 radical (unpaired) electrons. The second-order valence-electron chi connectivity index (χ2n) is 4.33. The largest absolute Gasteiger partial charge is 0.370 e. The summed E-state index contributed by atoms with van der Waals surface area (Å²) in [5, 5.41) is 0. The van der Waals surface area contributed by atoms with Crippen molar-refractivity contribution in [3.63, 3.8) is 0 Å². The average molecular weight is 198 g/mol. The van der Waals surface area contributed by atoms with E-state index in [9.17, 15) is 0 Å². The fraction of sp³-hybridized carbons (Fsp3) is 1.00. The van der Waals surface area contributed by atoms with Crippen LogP contribution in [0, 0.1) is 0 Å². The normalized spacial score (nSPS) is 12.5. The van der Waals surface area contributed by atoms with E-state index in [-0.39, 0.29) is 48.9 Å². The molecule has 0 N–H and O–H groups in total. The molecule has 0 aromatic heterocycles. The standard InChI is InChI=1S/C10H22O.Ca/c1-7-9(3,4)11-10(5,6)8-2;/h7-8H2,1-6H3;. The Labute approximate surface area is 107 Å². The third-order valence-electron chi connectivity index (χ3n) is 2.26. The summed E-state index contributed by atoms with van der Waals surface area (Å²) in [7, 11) is 0. The predicted molar refractivity (Wildman–Crippen MR) is 55.6 cm³/mol. The van der Waals surface area contributed by atoms with Crippen molar-refractivity contribution in [1.29, 1.82) is 0 Å². The molecule has 0 heterocycles. The summed E-state index contributed by atoms with van der Waals surface area (Å²) < 4.78 is 5.92. The van der Waals surface area contributed by atoms with E-state index in [0.29, 0.717) is 0 Å². The van der Waals surface area contributed by atoms with Crippen LogP contribution in [0.15, 0.2) is 0 Å². The van der Waals surface area contributed by atoms with E-state index in [1.165, 1.54) is 0 Å². The van der Waals surface area contributed by atoms with Crippen molar-refractivity contribution in [2.24, 2.45) is 0 Å². The monoisotopic (exact) mass is 198 g/mol. The topological polar surface area (TPSA) is 9.23 Å². The SMILES string of the molecule is CCC(C)(C)OC(C)(C)CC.[Ca]. The second kappa shape index (κ2) is 5.85. The minimum Gasteiger partial charge on any atom is -0.370 e. The number of hydrogen-bond acceptors (Lipinski definition) is 1. The molecular weight excluding hydrogens is 176 g/mol. The second-order valence-corrected chi connectivity index (χ2v) is 4.33. The molecular formula is C10H22CaO. The van der Waals surface area contributed by atoms with Gasteiger partial charge in [-0.1, -0.05) is 13.8 Å². The van der Waals surface area contributed by atoms with Crippen molar-refractivity contribution < 1.29 is 4.74 Å². The summed E-state index contributed by atoms with van der Waals surface area (Å²) in [5.41, 5.74) is 0.0546. The maximum Gasteiger partial charge on any atom is 0.0631 e. The predicted octanol–water partition coefficient (Wildman–Crippen LogP) is 3.00. The minimum absolute atomic E-state index is 0. The zero-order chi connectivity index (χ0) is 9.12. The third kappa shape index (κ3) is 6.71. The minimum atomic E-state index is 0. The summed E-state index contributed by atoms with van der Waals surface area (Å²) in [6, 6.07) is 0. The first-order valence-electron chi connectivity index (χ1n) is 4.53. The van der Waals surface area contributed by atoms with Gasteiger partial charge in [-0.25, -0.2) is 0 Å². The van der Waals surface area contributed by atoms with Gasteiger partial charge in [0.05, 0.1) is 11.2 Å². The van der Waals surface area contributed by atoms with Gasteiger partial charge in [0.1, 0.15) is 0 Å². The maximum atomic E-state index is 5.92. The zero-order valence-electron chi connectivity index (χ0n) is 9.53. The molecule has 0 saturated heterocycles. The summed E-state index contributed by atoms with van der Waals surface area (Å²) in [4.78, 5) is 0. The molecule has 0 amide bonds. The summed E-state index contributed by atoms with van der Waals surface area (Å²) in [6.45, 7) is 12.9. The van der Waals surface area contributed by atoms with E-state index < -0.39 is 0 Å². The van der Waals surface area contributed by atoms with Crippen molar-refractivity contribution in [3.05, 3.63) is 0 Å². The molecule has 0 aromatic carbocycles. The average Bonchev–Trinajstić information content (AvgIpc) is 1.86. The maximum absolute atomic E-state index is 5.92. The van der Waals surface area contributed by atoms with Crippen LogP contribution in [-0.2, 0) is 4.74 Å². The van der Waals surface area contributed by atoms with Gasteiger partial charge in [0.2, 0.25) is 0 Å². The number of rotatable bonds is 4. The van der Waals surface area contributed by atoms with Gasteiger partial charge in [-0.15, -0.1) is 0 Å². The molecule has 0 spiro atoms. The van der Waals surface area contributed by atoms with Crippen molar-refractivity contribution in [1.82, 2.24) is 0 Å². The number of hydrogen-bond donors (Lipinski definition) is 0. The van der Waals surface area contributed by atoms with E-state index in [0.717, 1.165) is 12.8 Å². The molecule has 0 aliphatic heterocycles. The van der Waals surface area contributed by atoms with Crippen LogP contribution in [0.5, 0.6) is 0 Å². The molecule has 0 bridgehead atoms. The van der Waals surface area contributed by atoms with Crippen LogP contribution >= 0.6 is 0 Å². The molecule has 0 aliphatic rings. The zero-order valence-corrected chi connectivity index (χ0v) is 11.7. The fourth-order valence-electron chi connectivity index (χ4n) is 0.892. The Balaban J connectivity index is 0. The van der Waals surface area contributed by atoms with Gasteiger partial charge in [0, 0.05) is 37.7 Å². The summed E-state index contributed by atoms with van der Waals surface area (Å²) in [6.07, 6.45) is 2.13. The Morgan fingerprint density at radius 3 is 1.25 bits per heavy atom. The molecule has 70 valence electrons. The molecule has 0 aromatic rings. The third-order valence-corrected chi connectivity index (χ3v) is 2.26. The van der Waals surface area contributed by atoms with E-state index in [1.54, 1.807) is 0 Å². The molecule has 0 rings (SSSR count). The van der Waals surface area contributed by atoms with Gasteiger partial charge < -0.3 is 4.74 Å². The Hall–Kier alpha value is 1.22.